The third-order valence-electron chi connectivity index (χ3n) is 6.47. The Morgan fingerprint density at radius 3 is 2.11 bits per heavy atom. The molecule has 0 unspecified atom stereocenters. The summed E-state index contributed by atoms with van der Waals surface area (Å²) in [4.78, 5) is 17.0. The maximum absolute atomic E-state index is 12.3. The Kier molecular flexibility index (Phi) is 10.4. The van der Waals surface area contributed by atoms with Gasteiger partial charge in [0.05, 0.1) is 35.3 Å². The largest absolute Gasteiger partial charge is 0.385 e. The molecule has 0 aromatic heterocycles. The predicted molar refractivity (Wildman–Crippen MR) is 147 cm³/mol. The van der Waals surface area contributed by atoms with E-state index in [9.17, 15) is 13.2 Å². The Morgan fingerprint density at radius 1 is 1.03 bits per heavy atom. The van der Waals surface area contributed by atoms with Crippen LogP contribution in [0.2, 0.25) is 0 Å². The van der Waals surface area contributed by atoms with Crippen molar-refractivity contribution in [2.24, 2.45) is 5.41 Å². The van der Waals surface area contributed by atoms with Crippen molar-refractivity contribution >= 4 is 21.6 Å². The summed E-state index contributed by atoms with van der Waals surface area (Å²) in [6.45, 7) is 12.0. The standard InChI is InChI=1S/C22H32N4O2.C6H6O3S/c1-22(2,3)21(27)16-26-14-19-12-25(13-20(15-26)28-19)10-4-9-24-18-7-5-17(11-23)6-8-18;7-10(8,9)6-4-2-1-3-5-6/h5-8,19-20,24H,4,9-10,12-16H2,1-3H3;1-5H,(H,7,8,9)/t19-,20+;. The van der Waals surface area contributed by atoms with Crippen molar-refractivity contribution in [2.75, 3.05) is 51.1 Å². The number of anilines is 1. The van der Waals surface area contributed by atoms with E-state index in [4.69, 9.17) is 14.6 Å². The minimum Gasteiger partial charge on any atom is -0.385 e. The molecule has 0 saturated carbocycles. The first-order valence-electron chi connectivity index (χ1n) is 12.8. The van der Waals surface area contributed by atoms with Gasteiger partial charge in [0.1, 0.15) is 0 Å². The lowest BCUT2D eigenvalue weighted by Gasteiger charge is -2.46. The zero-order chi connectivity index (χ0) is 27.8. The molecule has 0 radical (unpaired) electrons. The summed E-state index contributed by atoms with van der Waals surface area (Å²) in [6.07, 6.45) is 1.46. The van der Waals surface area contributed by atoms with Crippen LogP contribution in [0.3, 0.4) is 0 Å². The molecule has 0 amide bonds. The summed E-state index contributed by atoms with van der Waals surface area (Å²) in [5.74, 6) is 0.304. The van der Waals surface area contributed by atoms with E-state index in [1.54, 1.807) is 18.2 Å². The van der Waals surface area contributed by atoms with Gasteiger partial charge in [-0.2, -0.15) is 13.7 Å². The maximum atomic E-state index is 12.3. The molecular formula is C28H38N4O5S. The van der Waals surface area contributed by atoms with Crippen LogP contribution < -0.4 is 5.32 Å². The molecule has 2 fully saturated rings. The number of ether oxygens (including phenoxy) is 1. The number of ketones is 1. The van der Waals surface area contributed by atoms with Crippen LogP contribution in [0.25, 0.3) is 0 Å². The number of hydrogen-bond acceptors (Lipinski definition) is 8. The molecular weight excluding hydrogens is 504 g/mol. The van der Waals surface area contributed by atoms with Gasteiger partial charge in [0, 0.05) is 50.4 Å². The van der Waals surface area contributed by atoms with E-state index in [0.29, 0.717) is 17.9 Å². The third-order valence-corrected chi connectivity index (χ3v) is 7.34. The Hall–Kier alpha value is -2.81. The lowest BCUT2D eigenvalue weighted by Crippen LogP contribution is -2.60. The van der Waals surface area contributed by atoms with E-state index in [1.165, 1.54) is 12.1 Å². The highest BCUT2D eigenvalue weighted by molar-refractivity contribution is 7.85. The van der Waals surface area contributed by atoms with E-state index in [-0.39, 0.29) is 22.5 Å². The van der Waals surface area contributed by atoms with Gasteiger partial charge < -0.3 is 10.1 Å². The Bertz CT molecular complexity index is 1180. The second-order valence-corrected chi connectivity index (χ2v) is 12.2. The highest BCUT2D eigenvalue weighted by Gasteiger charge is 2.36. The lowest BCUT2D eigenvalue weighted by molar-refractivity contribution is -0.147. The summed E-state index contributed by atoms with van der Waals surface area (Å²) < 4.78 is 35.3. The Balaban J connectivity index is 0.000000336. The molecule has 2 aromatic carbocycles. The zero-order valence-electron chi connectivity index (χ0n) is 22.3. The third kappa shape index (κ3) is 9.49. The topological polar surface area (TPSA) is 123 Å². The quantitative estimate of drug-likeness (QED) is 0.382. The SMILES string of the molecule is CC(C)(C)C(=O)CN1C[C@H]2CN(CCCNc3ccc(C#N)cc3)C[C@@H](C1)O2.O=S(=O)(O)c1ccccc1. The van der Waals surface area contributed by atoms with Gasteiger partial charge in [-0.25, -0.2) is 0 Å². The minimum atomic E-state index is -4.00. The average Bonchev–Trinajstić information content (AvgIpc) is 2.86. The smallest absolute Gasteiger partial charge is 0.294 e. The number of carbonyl (C=O) groups is 1. The molecule has 2 aliphatic rings. The highest BCUT2D eigenvalue weighted by atomic mass is 32.2. The fraction of sp³-hybridized carbons (Fsp3) is 0.500. The molecule has 10 heteroatoms. The van der Waals surface area contributed by atoms with Gasteiger partial charge in [0.15, 0.2) is 5.78 Å². The number of Topliss-reactive ketones (excluding diaryl/α,β-unsaturated/α-hetero) is 1. The maximum Gasteiger partial charge on any atom is 0.294 e. The molecule has 0 spiro atoms. The number of nitriles is 1. The van der Waals surface area contributed by atoms with E-state index < -0.39 is 10.1 Å². The van der Waals surface area contributed by atoms with Gasteiger partial charge in [-0.05, 0) is 42.8 Å². The number of morpholine rings is 2. The van der Waals surface area contributed by atoms with Crippen molar-refractivity contribution in [3.8, 4) is 6.07 Å². The monoisotopic (exact) mass is 542 g/mol. The first kappa shape index (κ1) is 29.7. The van der Waals surface area contributed by atoms with Crippen LogP contribution in [0, 0.1) is 16.7 Å². The van der Waals surface area contributed by atoms with Crippen molar-refractivity contribution in [1.82, 2.24) is 9.80 Å². The number of fused-ring (bicyclic) bond motifs is 2. The zero-order valence-corrected chi connectivity index (χ0v) is 23.2. The number of carbonyl (C=O) groups excluding carboxylic acids is 1. The lowest BCUT2D eigenvalue weighted by atomic mass is 9.90. The van der Waals surface area contributed by atoms with E-state index in [0.717, 1.165) is 51.4 Å². The average molecular weight is 543 g/mol. The van der Waals surface area contributed by atoms with Crippen LogP contribution >= 0.6 is 0 Å². The van der Waals surface area contributed by atoms with Crippen LogP contribution in [0.4, 0.5) is 5.69 Å². The molecule has 2 saturated heterocycles. The van der Waals surface area contributed by atoms with Gasteiger partial charge >= 0.3 is 0 Å². The number of rotatable bonds is 8. The van der Waals surface area contributed by atoms with Crippen LogP contribution in [-0.4, -0.2) is 86.6 Å². The van der Waals surface area contributed by atoms with Gasteiger partial charge in [-0.1, -0.05) is 39.0 Å². The summed E-state index contributed by atoms with van der Waals surface area (Å²) in [6, 6.07) is 17.1. The first-order chi connectivity index (χ1) is 17.9. The Morgan fingerprint density at radius 2 is 1.61 bits per heavy atom. The fourth-order valence-electron chi connectivity index (χ4n) is 4.40. The summed E-state index contributed by atoms with van der Waals surface area (Å²) in [5, 5.41) is 12.3. The molecule has 2 aliphatic heterocycles. The van der Waals surface area contributed by atoms with Crippen molar-refractivity contribution in [3.05, 3.63) is 60.2 Å². The summed E-state index contributed by atoms with van der Waals surface area (Å²) in [5.41, 5.74) is 1.46. The van der Waals surface area contributed by atoms with Crippen LogP contribution in [0.5, 0.6) is 0 Å². The molecule has 4 rings (SSSR count). The number of benzene rings is 2. The van der Waals surface area contributed by atoms with E-state index in [2.05, 4.69) is 21.2 Å². The van der Waals surface area contributed by atoms with Crippen LogP contribution in [-0.2, 0) is 19.6 Å². The number of hydrogen-bond donors (Lipinski definition) is 2. The first-order valence-corrected chi connectivity index (χ1v) is 14.3. The summed E-state index contributed by atoms with van der Waals surface area (Å²) in [7, 11) is -4.00. The fourth-order valence-corrected chi connectivity index (χ4v) is 4.90. The molecule has 2 aromatic rings. The van der Waals surface area contributed by atoms with E-state index >= 15 is 0 Å². The molecule has 2 bridgehead atoms. The number of nitrogens with zero attached hydrogens (tertiary/aromatic N) is 3. The van der Waals surface area contributed by atoms with Crippen molar-refractivity contribution in [3.63, 3.8) is 0 Å². The van der Waals surface area contributed by atoms with Crippen molar-refractivity contribution in [1.29, 1.82) is 5.26 Å². The summed E-state index contributed by atoms with van der Waals surface area (Å²) >= 11 is 0. The van der Waals surface area contributed by atoms with E-state index in [1.807, 2.05) is 45.0 Å². The van der Waals surface area contributed by atoms with Gasteiger partial charge in [0.25, 0.3) is 10.1 Å². The molecule has 38 heavy (non-hydrogen) atoms. The second kappa shape index (κ2) is 13.3. The second-order valence-electron chi connectivity index (χ2n) is 10.8. The van der Waals surface area contributed by atoms with Gasteiger partial charge in [0.2, 0.25) is 0 Å². The molecule has 9 nitrogen and oxygen atoms in total. The molecule has 2 heterocycles. The molecule has 0 aliphatic carbocycles. The molecule has 2 atom stereocenters. The van der Waals surface area contributed by atoms with Crippen molar-refractivity contribution in [2.45, 2.75) is 44.3 Å². The minimum absolute atomic E-state index is 0.0741. The van der Waals surface area contributed by atoms with Crippen molar-refractivity contribution < 1.29 is 22.5 Å². The Labute approximate surface area is 226 Å². The number of nitrogens with one attached hydrogen (secondary N) is 1. The molecule has 2 N–H and O–H groups in total. The normalized spacial score (nSPS) is 20.1. The predicted octanol–water partition coefficient (Wildman–Crippen LogP) is 3.29. The van der Waals surface area contributed by atoms with Crippen LogP contribution in [0.15, 0.2) is 59.5 Å². The molecule has 206 valence electrons. The van der Waals surface area contributed by atoms with Crippen LogP contribution in [0.1, 0.15) is 32.8 Å². The van der Waals surface area contributed by atoms with Gasteiger partial charge in [-0.3, -0.25) is 19.1 Å². The highest BCUT2D eigenvalue weighted by Crippen LogP contribution is 2.22. The van der Waals surface area contributed by atoms with Gasteiger partial charge in [-0.15, -0.1) is 0 Å².